The lowest BCUT2D eigenvalue weighted by molar-refractivity contribution is 0.0913. The van der Waals surface area contributed by atoms with E-state index in [1.165, 1.54) is 12.3 Å². The van der Waals surface area contributed by atoms with E-state index in [-0.39, 0.29) is 18.5 Å². The molecule has 0 amide bonds. The first-order valence-electron chi connectivity index (χ1n) is 5.23. The van der Waals surface area contributed by atoms with Gasteiger partial charge in [0.05, 0.1) is 30.3 Å². The molecule has 0 aliphatic rings. The van der Waals surface area contributed by atoms with Crippen LogP contribution in [0, 0.1) is 0 Å². The van der Waals surface area contributed by atoms with Crippen LogP contribution in [0.15, 0.2) is 18.3 Å². The van der Waals surface area contributed by atoms with Crippen molar-refractivity contribution in [3.05, 3.63) is 18.3 Å². The zero-order valence-electron chi connectivity index (χ0n) is 9.88. The van der Waals surface area contributed by atoms with Gasteiger partial charge in [-0.2, -0.15) is 0 Å². The second-order valence-electron chi connectivity index (χ2n) is 3.81. The van der Waals surface area contributed by atoms with Crippen LogP contribution in [-0.2, 0) is 14.8 Å². The Balaban J connectivity index is 2.52. The second-order valence-corrected chi connectivity index (χ2v) is 5.65. The van der Waals surface area contributed by atoms with Crippen molar-refractivity contribution in [3.63, 3.8) is 0 Å². The Hall–Kier alpha value is -1.34. The number of pyridine rings is 1. The number of rotatable bonds is 6. The maximum absolute atomic E-state index is 11.6. The molecule has 1 aromatic rings. The molecule has 3 N–H and O–H groups in total. The van der Waals surface area contributed by atoms with Crippen LogP contribution >= 0.6 is 0 Å². The molecule has 0 saturated carbocycles. The monoisotopic (exact) mass is 259 g/mol. The van der Waals surface area contributed by atoms with Gasteiger partial charge in [0.15, 0.2) is 0 Å². The van der Waals surface area contributed by atoms with Gasteiger partial charge < -0.3 is 10.5 Å². The summed E-state index contributed by atoms with van der Waals surface area (Å²) in [5, 5.41) is 0. The quantitative estimate of drug-likeness (QED) is 0.789. The average molecular weight is 259 g/mol. The fourth-order valence-corrected chi connectivity index (χ4v) is 1.99. The van der Waals surface area contributed by atoms with Gasteiger partial charge in [-0.15, -0.1) is 0 Å². The molecule has 7 heteroatoms. The molecule has 0 fully saturated rings. The lowest BCUT2D eigenvalue weighted by atomic mass is 10.4. The number of nitrogens with one attached hydrogen (secondary N) is 1. The van der Waals surface area contributed by atoms with E-state index < -0.39 is 10.0 Å². The van der Waals surface area contributed by atoms with Crippen LogP contribution in [0.1, 0.15) is 13.8 Å². The Kier molecular flexibility index (Phi) is 4.71. The third-order valence-electron chi connectivity index (χ3n) is 1.86. The molecule has 0 aromatic carbocycles. The van der Waals surface area contributed by atoms with Crippen LogP contribution in [0.2, 0.25) is 0 Å². The van der Waals surface area contributed by atoms with Gasteiger partial charge in [0.1, 0.15) is 5.82 Å². The van der Waals surface area contributed by atoms with Crippen molar-refractivity contribution >= 4 is 21.5 Å². The number of nitrogens with zero attached hydrogens (tertiary/aromatic N) is 1. The Bertz CT molecular complexity index is 442. The Morgan fingerprint density at radius 3 is 2.71 bits per heavy atom. The highest BCUT2D eigenvalue weighted by molar-refractivity contribution is 7.92. The van der Waals surface area contributed by atoms with Gasteiger partial charge >= 0.3 is 0 Å². The fourth-order valence-electron chi connectivity index (χ4n) is 1.09. The van der Waals surface area contributed by atoms with Crippen molar-refractivity contribution in [1.29, 1.82) is 0 Å². The number of hydrogen-bond donors (Lipinski definition) is 2. The molecule has 0 unspecified atom stereocenters. The summed E-state index contributed by atoms with van der Waals surface area (Å²) in [6.45, 7) is 3.86. The van der Waals surface area contributed by atoms with Crippen LogP contribution in [-0.4, -0.2) is 31.9 Å². The van der Waals surface area contributed by atoms with Gasteiger partial charge in [-0.05, 0) is 26.0 Å². The molecule has 6 nitrogen and oxygen atoms in total. The summed E-state index contributed by atoms with van der Waals surface area (Å²) in [6.07, 6.45) is 1.39. The van der Waals surface area contributed by atoms with E-state index in [4.69, 9.17) is 10.5 Å². The second kappa shape index (κ2) is 5.83. The number of anilines is 2. The van der Waals surface area contributed by atoms with Crippen molar-refractivity contribution in [2.24, 2.45) is 0 Å². The largest absolute Gasteiger partial charge is 0.384 e. The van der Waals surface area contributed by atoms with Crippen molar-refractivity contribution in [3.8, 4) is 0 Å². The van der Waals surface area contributed by atoms with Crippen molar-refractivity contribution in [2.45, 2.75) is 20.0 Å². The van der Waals surface area contributed by atoms with Gasteiger partial charge in [0.25, 0.3) is 0 Å². The van der Waals surface area contributed by atoms with Gasteiger partial charge in [0.2, 0.25) is 10.0 Å². The third kappa shape index (κ3) is 5.50. The molecule has 0 aliphatic carbocycles. The predicted octanol–water partition coefficient (Wildman–Crippen LogP) is 0.830. The van der Waals surface area contributed by atoms with E-state index in [0.29, 0.717) is 11.5 Å². The Morgan fingerprint density at radius 2 is 2.18 bits per heavy atom. The van der Waals surface area contributed by atoms with E-state index in [9.17, 15) is 8.42 Å². The highest BCUT2D eigenvalue weighted by Gasteiger charge is 2.10. The van der Waals surface area contributed by atoms with Crippen LogP contribution in [0.4, 0.5) is 11.5 Å². The molecule has 1 rings (SSSR count). The molecule has 1 heterocycles. The molecule has 0 spiro atoms. The molecule has 0 saturated heterocycles. The normalized spacial score (nSPS) is 11.7. The van der Waals surface area contributed by atoms with E-state index in [2.05, 4.69) is 9.71 Å². The molecule has 17 heavy (non-hydrogen) atoms. The topological polar surface area (TPSA) is 94.3 Å². The summed E-state index contributed by atoms with van der Waals surface area (Å²) in [5.41, 5.74) is 5.79. The number of nitrogen functional groups attached to an aromatic ring is 1. The molecular weight excluding hydrogens is 242 g/mol. The number of nitrogens with two attached hydrogens (primary N) is 1. The molecule has 0 radical (unpaired) electrons. The average Bonchev–Trinajstić information content (AvgIpc) is 2.20. The van der Waals surface area contributed by atoms with Crippen molar-refractivity contribution in [2.75, 3.05) is 22.8 Å². The van der Waals surface area contributed by atoms with Gasteiger partial charge in [-0.3, -0.25) is 4.72 Å². The van der Waals surface area contributed by atoms with Crippen LogP contribution < -0.4 is 10.5 Å². The maximum atomic E-state index is 11.6. The third-order valence-corrected chi connectivity index (χ3v) is 3.11. The minimum absolute atomic E-state index is 0.0170. The van der Waals surface area contributed by atoms with Crippen LogP contribution in [0.5, 0.6) is 0 Å². The number of ether oxygens (including phenoxy) is 1. The minimum Gasteiger partial charge on any atom is -0.384 e. The maximum Gasteiger partial charge on any atom is 0.235 e. The molecular formula is C10H17N3O3S. The van der Waals surface area contributed by atoms with Crippen molar-refractivity contribution < 1.29 is 13.2 Å². The van der Waals surface area contributed by atoms with Crippen LogP contribution in [0.25, 0.3) is 0 Å². The Morgan fingerprint density at radius 1 is 1.47 bits per heavy atom. The highest BCUT2D eigenvalue weighted by atomic mass is 32.2. The van der Waals surface area contributed by atoms with Gasteiger partial charge in [0, 0.05) is 0 Å². The molecule has 0 atom stereocenters. The van der Waals surface area contributed by atoms with E-state index in [1.54, 1.807) is 6.07 Å². The predicted molar refractivity (Wildman–Crippen MR) is 67.1 cm³/mol. The van der Waals surface area contributed by atoms with Crippen LogP contribution in [0.3, 0.4) is 0 Å². The highest BCUT2D eigenvalue weighted by Crippen LogP contribution is 2.09. The standard InChI is InChI=1S/C10H17N3O3S/c1-8(2)16-5-6-17(14,15)13-9-3-4-10(11)12-7-9/h3-4,7-8,13H,5-6H2,1-2H3,(H2,11,12). The van der Waals surface area contributed by atoms with Gasteiger partial charge in [-0.1, -0.05) is 0 Å². The van der Waals surface area contributed by atoms with E-state index in [1.807, 2.05) is 13.8 Å². The fraction of sp³-hybridized carbons (Fsp3) is 0.500. The first kappa shape index (κ1) is 13.7. The summed E-state index contributed by atoms with van der Waals surface area (Å²) >= 11 is 0. The summed E-state index contributed by atoms with van der Waals surface area (Å²) in [6, 6.07) is 3.09. The lowest BCUT2D eigenvalue weighted by Gasteiger charge is -2.09. The lowest BCUT2D eigenvalue weighted by Crippen LogP contribution is -2.21. The van der Waals surface area contributed by atoms with Gasteiger partial charge in [-0.25, -0.2) is 13.4 Å². The summed E-state index contributed by atoms with van der Waals surface area (Å²) < 4.78 is 30.8. The zero-order chi connectivity index (χ0) is 12.9. The SMILES string of the molecule is CC(C)OCCS(=O)(=O)Nc1ccc(N)nc1. The smallest absolute Gasteiger partial charge is 0.235 e. The number of aromatic nitrogens is 1. The first-order chi connectivity index (χ1) is 7.89. The van der Waals surface area contributed by atoms with Crippen molar-refractivity contribution in [1.82, 2.24) is 4.98 Å². The zero-order valence-corrected chi connectivity index (χ0v) is 10.7. The van der Waals surface area contributed by atoms with E-state index in [0.717, 1.165) is 0 Å². The molecule has 96 valence electrons. The molecule has 0 aliphatic heterocycles. The van der Waals surface area contributed by atoms with E-state index >= 15 is 0 Å². The minimum atomic E-state index is -3.40. The summed E-state index contributed by atoms with van der Waals surface area (Å²) in [7, 11) is -3.40. The summed E-state index contributed by atoms with van der Waals surface area (Å²) in [5.74, 6) is 0.256. The first-order valence-corrected chi connectivity index (χ1v) is 6.88. The molecule has 1 aromatic heterocycles. The number of hydrogen-bond acceptors (Lipinski definition) is 5. The molecule has 0 bridgehead atoms. The number of sulfonamides is 1. The summed E-state index contributed by atoms with van der Waals surface area (Å²) in [4.78, 5) is 3.79. The Labute approximate surface area is 101 Å².